The topological polar surface area (TPSA) is 17.8 Å². The minimum Gasteiger partial charge on any atom is -0.270 e. The van der Waals surface area contributed by atoms with Gasteiger partial charge in [0.05, 0.1) is 5.69 Å². The third-order valence-electron chi connectivity index (χ3n) is 1.79. The molecule has 0 atom stereocenters. The first-order chi connectivity index (χ1) is 6.24. The van der Waals surface area contributed by atoms with Gasteiger partial charge in [-0.1, -0.05) is 6.92 Å². The van der Waals surface area contributed by atoms with Gasteiger partial charge in [-0.3, -0.25) is 4.68 Å². The second-order valence-corrected chi connectivity index (χ2v) is 4.54. The number of nitrogens with zero attached hydrogens (tertiary/aromatic N) is 2. The summed E-state index contributed by atoms with van der Waals surface area (Å²) in [6, 6.07) is 2.59. The molecule has 0 aliphatic carbocycles. The lowest BCUT2D eigenvalue weighted by Crippen LogP contribution is -2.01. The van der Waals surface area contributed by atoms with Crippen molar-refractivity contribution in [1.29, 1.82) is 0 Å². The number of hydrogen-bond donors (Lipinski definition) is 0. The molecular formula is C10H18N2S. The van der Waals surface area contributed by atoms with Gasteiger partial charge in [-0.2, -0.15) is 16.9 Å². The smallest absolute Gasteiger partial charge is 0.0723 e. The zero-order chi connectivity index (χ0) is 9.68. The van der Waals surface area contributed by atoms with Crippen LogP contribution in [0.4, 0.5) is 0 Å². The summed E-state index contributed by atoms with van der Waals surface area (Å²) in [6.45, 7) is 6.51. The van der Waals surface area contributed by atoms with E-state index in [4.69, 9.17) is 0 Å². The summed E-state index contributed by atoms with van der Waals surface area (Å²) >= 11 is 1.96. The van der Waals surface area contributed by atoms with Crippen LogP contribution < -0.4 is 0 Å². The molecule has 0 amide bonds. The molecule has 0 saturated carbocycles. The average molecular weight is 198 g/mol. The van der Waals surface area contributed by atoms with Crippen molar-refractivity contribution in [3.63, 3.8) is 0 Å². The SMILES string of the molecule is CCCSCc1ccn(C(C)C)n1. The monoisotopic (exact) mass is 198 g/mol. The Hall–Kier alpha value is -0.440. The third kappa shape index (κ3) is 3.43. The predicted molar refractivity (Wildman–Crippen MR) is 59.1 cm³/mol. The van der Waals surface area contributed by atoms with Crippen molar-refractivity contribution in [1.82, 2.24) is 9.78 Å². The van der Waals surface area contributed by atoms with Crippen LogP contribution in [0.5, 0.6) is 0 Å². The molecule has 0 fully saturated rings. The van der Waals surface area contributed by atoms with Crippen LogP contribution in [-0.2, 0) is 5.75 Å². The highest BCUT2D eigenvalue weighted by Gasteiger charge is 2.00. The van der Waals surface area contributed by atoms with Gasteiger partial charge >= 0.3 is 0 Å². The zero-order valence-electron chi connectivity index (χ0n) is 8.66. The van der Waals surface area contributed by atoms with E-state index in [1.807, 2.05) is 16.4 Å². The summed E-state index contributed by atoms with van der Waals surface area (Å²) in [6.07, 6.45) is 3.31. The maximum absolute atomic E-state index is 4.48. The molecule has 1 aromatic heterocycles. The molecule has 2 nitrogen and oxygen atoms in total. The van der Waals surface area contributed by atoms with E-state index in [-0.39, 0.29) is 0 Å². The molecule has 0 aromatic carbocycles. The summed E-state index contributed by atoms with van der Waals surface area (Å²) in [7, 11) is 0. The van der Waals surface area contributed by atoms with E-state index in [2.05, 4.69) is 38.1 Å². The summed E-state index contributed by atoms with van der Waals surface area (Å²) in [4.78, 5) is 0. The van der Waals surface area contributed by atoms with Crippen LogP contribution >= 0.6 is 11.8 Å². The summed E-state index contributed by atoms with van der Waals surface area (Å²) in [5, 5.41) is 4.48. The van der Waals surface area contributed by atoms with E-state index < -0.39 is 0 Å². The van der Waals surface area contributed by atoms with Crippen LogP contribution in [0.25, 0.3) is 0 Å². The molecule has 13 heavy (non-hydrogen) atoms. The number of hydrogen-bond acceptors (Lipinski definition) is 2. The molecule has 74 valence electrons. The minimum absolute atomic E-state index is 0.477. The fourth-order valence-electron chi connectivity index (χ4n) is 1.06. The molecule has 1 heterocycles. The van der Waals surface area contributed by atoms with E-state index in [9.17, 15) is 0 Å². The highest BCUT2D eigenvalue weighted by Crippen LogP contribution is 2.12. The van der Waals surface area contributed by atoms with Crippen LogP contribution in [-0.4, -0.2) is 15.5 Å². The Morgan fingerprint density at radius 3 is 2.85 bits per heavy atom. The highest BCUT2D eigenvalue weighted by molar-refractivity contribution is 7.98. The average Bonchev–Trinajstić information content (AvgIpc) is 2.53. The van der Waals surface area contributed by atoms with Gasteiger partial charge in [0.15, 0.2) is 0 Å². The molecule has 0 unspecified atom stereocenters. The molecule has 0 saturated heterocycles. The molecule has 0 aliphatic rings. The van der Waals surface area contributed by atoms with Crippen LogP contribution in [0.2, 0.25) is 0 Å². The largest absolute Gasteiger partial charge is 0.270 e. The van der Waals surface area contributed by atoms with Crippen LogP contribution in [0.1, 0.15) is 38.9 Å². The molecule has 1 aromatic rings. The van der Waals surface area contributed by atoms with Crippen molar-refractivity contribution < 1.29 is 0 Å². The lowest BCUT2D eigenvalue weighted by molar-refractivity contribution is 0.529. The predicted octanol–water partition coefficient (Wildman–Crippen LogP) is 3.11. The van der Waals surface area contributed by atoms with Crippen LogP contribution in [0.15, 0.2) is 12.3 Å². The van der Waals surface area contributed by atoms with E-state index in [0.717, 1.165) is 5.75 Å². The van der Waals surface area contributed by atoms with Gasteiger partial charge in [0.2, 0.25) is 0 Å². The van der Waals surface area contributed by atoms with Crippen molar-refractivity contribution in [2.75, 3.05) is 5.75 Å². The maximum atomic E-state index is 4.48. The highest BCUT2D eigenvalue weighted by atomic mass is 32.2. The molecular weight excluding hydrogens is 180 g/mol. The first-order valence-electron chi connectivity index (χ1n) is 4.85. The van der Waals surface area contributed by atoms with Crippen molar-refractivity contribution in [2.45, 2.75) is 39.0 Å². The van der Waals surface area contributed by atoms with Crippen molar-refractivity contribution in [2.24, 2.45) is 0 Å². The summed E-state index contributed by atoms with van der Waals surface area (Å²) in [5.41, 5.74) is 1.20. The fourth-order valence-corrected chi connectivity index (χ4v) is 1.86. The second-order valence-electron chi connectivity index (χ2n) is 3.43. The lowest BCUT2D eigenvalue weighted by Gasteiger charge is -2.03. The van der Waals surface area contributed by atoms with Crippen molar-refractivity contribution in [3.05, 3.63) is 18.0 Å². The molecule has 1 rings (SSSR count). The Morgan fingerprint density at radius 2 is 2.31 bits per heavy atom. The first-order valence-corrected chi connectivity index (χ1v) is 6.01. The Balaban J connectivity index is 2.40. The van der Waals surface area contributed by atoms with Gasteiger partial charge < -0.3 is 0 Å². The molecule has 0 spiro atoms. The van der Waals surface area contributed by atoms with E-state index in [0.29, 0.717) is 6.04 Å². The zero-order valence-corrected chi connectivity index (χ0v) is 9.47. The molecule has 0 bridgehead atoms. The van der Waals surface area contributed by atoms with Gasteiger partial charge in [-0.15, -0.1) is 0 Å². The van der Waals surface area contributed by atoms with E-state index in [1.165, 1.54) is 17.9 Å². The van der Waals surface area contributed by atoms with Gasteiger partial charge in [-0.05, 0) is 32.1 Å². The fraction of sp³-hybridized carbons (Fsp3) is 0.700. The van der Waals surface area contributed by atoms with Gasteiger partial charge in [-0.25, -0.2) is 0 Å². The summed E-state index contributed by atoms with van der Waals surface area (Å²) < 4.78 is 2.02. The van der Waals surface area contributed by atoms with Gasteiger partial charge in [0, 0.05) is 18.0 Å². The standard InChI is InChI=1S/C10H18N2S/c1-4-7-13-8-10-5-6-12(11-10)9(2)3/h5-6,9H,4,7-8H2,1-3H3. The molecule has 0 radical (unpaired) electrons. The van der Waals surface area contributed by atoms with E-state index in [1.54, 1.807) is 0 Å². The Morgan fingerprint density at radius 1 is 1.54 bits per heavy atom. The summed E-state index contributed by atoms with van der Waals surface area (Å²) in [5.74, 6) is 2.28. The van der Waals surface area contributed by atoms with Crippen LogP contribution in [0.3, 0.4) is 0 Å². The minimum atomic E-state index is 0.477. The van der Waals surface area contributed by atoms with Gasteiger partial charge in [0.25, 0.3) is 0 Å². The Bertz CT molecular complexity index is 243. The third-order valence-corrected chi connectivity index (χ3v) is 2.99. The maximum Gasteiger partial charge on any atom is 0.0723 e. The Labute approximate surface area is 84.7 Å². The first kappa shape index (κ1) is 10.6. The van der Waals surface area contributed by atoms with Crippen molar-refractivity contribution >= 4 is 11.8 Å². The molecule has 0 aliphatic heterocycles. The molecule has 0 N–H and O–H groups in total. The Kier molecular flexibility index (Phi) is 4.36. The quantitative estimate of drug-likeness (QED) is 0.677. The number of aromatic nitrogens is 2. The number of rotatable bonds is 5. The van der Waals surface area contributed by atoms with E-state index >= 15 is 0 Å². The lowest BCUT2D eigenvalue weighted by atomic mass is 10.4. The number of thioether (sulfide) groups is 1. The second kappa shape index (κ2) is 5.32. The van der Waals surface area contributed by atoms with Crippen LogP contribution in [0, 0.1) is 0 Å². The normalized spacial score (nSPS) is 11.1. The van der Waals surface area contributed by atoms with Crippen molar-refractivity contribution in [3.8, 4) is 0 Å². The molecule has 3 heteroatoms. The van der Waals surface area contributed by atoms with Gasteiger partial charge in [0.1, 0.15) is 0 Å².